The summed E-state index contributed by atoms with van der Waals surface area (Å²) in [4.78, 5) is 2.47. The minimum atomic E-state index is -0.182. The monoisotopic (exact) mass is 353 g/mol. The summed E-state index contributed by atoms with van der Waals surface area (Å²) < 4.78 is 16.5. The lowest BCUT2D eigenvalue weighted by Crippen LogP contribution is -2.29. The number of halogens is 1. The smallest absolute Gasteiger partial charge is 0.262 e. The van der Waals surface area contributed by atoms with Crippen molar-refractivity contribution in [1.29, 1.82) is 0 Å². The van der Waals surface area contributed by atoms with Crippen LogP contribution in [0.5, 0.6) is 0 Å². The number of benzene rings is 2. The molecular formula is C21H22FN2S+. The van der Waals surface area contributed by atoms with Crippen molar-refractivity contribution in [3.05, 3.63) is 58.9 Å². The first kappa shape index (κ1) is 16.3. The molecule has 1 aliphatic heterocycles. The Morgan fingerprint density at radius 1 is 1.00 bits per heavy atom. The van der Waals surface area contributed by atoms with Gasteiger partial charge in [-0.3, -0.25) is 0 Å². The third-order valence-corrected chi connectivity index (χ3v) is 6.03. The Labute approximate surface area is 151 Å². The summed E-state index contributed by atoms with van der Waals surface area (Å²) in [5.41, 5.74) is 3.57. The predicted molar refractivity (Wildman–Crippen MR) is 104 cm³/mol. The van der Waals surface area contributed by atoms with E-state index in [1.165, 1.54) is 49.7 Å². The largest absolute Gasteiger partial charge is 0.372 e. The van der Waals surface area contributed by atoms with E-state index in [4.69, 9.17) is 0 Å². The number of anilines is 1. The standard InChI is InChI=1S/C21H22FN2S/c1-23-19-11-8-17(22)15-20(19)25-21(23)12-7-16-5-9-18(10-6-16)24-13-3-2-4-14-24/h5-12,15H,2-4,13-14H2,1H3/q+1. The molecule has 1 aliphatic rings. The van der Waals surface area contributed by atoms with Gasteiger partial charge in [0.05, 0.1) is 0 Å². The molecule has 0 spiro atoms. The second-order valence-corrected chi connectivity index (χ2v) is 7.65. The van der Waals surface area contributed by atoms with Crippen molar-refractivity contribution in [3.63, 3.8) is 0 Å². The van der Waals surface area contributed by atoms with Crippen molar-refractivity contribution in [3.8, 4) is 0 Å². The minimum absolute atomic E-state index is 0.182. The van der Waals surface area contributed by atoms with Crippen LogP contribution in [0.1, 0.15) is 29.8 Å². The molecule has 1 fully saturated rings. The molecule has 0 N–H and O–H groups in total. The molecule has 3 aromatic rings. The first-order valence-electron chi connectivity index (χ1n) is 8.82. The summed E-state index contributed by atoms with van der Waals surface area (Å²) in [7, 11) is 2.02. The van der Waals surface area contributed by atoms with Crippen molar-refractivity contribution in [2.45, 2.75) is 19.3 Å². The number of hydrogen-bond acceptors (Lipinski definition) is 2. The number of rotatable bonds is 3. The summed E-state index contributed by atoms with van der Waals surface area (Å²) in [6, 6.07) is 13.7. The zero-order valence-electron chi connectivity index (χ0n) is 14.4. The van der Waals surface area contributed by atoms with E-state index >= 15 is 0 Å². The fourth-order valence-corrected chi connectivity index (χ4v) is 4.49. The third kappa shape index (κ3) is 3.45. The maximum Gasteiger partial charge on any atom is 0.262 e. The van der Waals surface area contributed by atoms with Gasteiger partial charge in [0.15, 0.2) is 0 Å². The van der Waals surface area contributed by atoms with Crippen molar-refractivity contribution < 1.29 is 8.96 Å². The SMILES string of the molecule is C[n+]1c(C=Cc2ccc(N3CCCCC3)cc2)sc2cc(F)ccc21. The number of aryl methyl sites for hydroxylation is 1. The van der Waals surface area contributed by atoms with Gasteiger partial charge in [-0.05, 0) is 55.2 Å². The van der Waals surface area contributed by atoms with E-state index in [2.05, 4.69) is 45.9 Å². The quantitative estimate of drug-likeness (QED) is 0.599. The van der Waals surface area contributed by atoms with Gasteiger partial charge < -0.3 is 4.90 Å². The van der Waals surface area contributed by atoms with Crippen LogP contribution in [0, 0.1) is 5.82 Å². The zero-order chi connectivity index (χ0) is 17.2. The van der Waals surface area contributed by atoms with Crippen LogP contribution in [-0.2, 0) is 7.05 Å². The molecule has 1 aromatic heterocycles. The lowest BCUT2D eigenvalue weighted by molar-refractivity contribution is -0.642. The highest BCUT2D eigenvalue weighted by molar-refractivity contribution is 7.18. The van der Waals surface area contributed by atoms with Crippen molar-refractivity contribution >= 4 is 39.4 Å². The van der Waals surface area contributed by atoms with Crippen LogP contribution in [0.2, 0.25) is 0 Å². The molecule has 4 rings (SSSR count). The summed E-state index contributed by atoms with van der Waals surface area (Å²) in [6.45, 7) is 2.34. The topological polar surface area (TPSA) is 7.12 Å². The molecule has 25 heavy (non-hydrogen) atoms. The highest BCUT2D eigenvalue weighted by Crippen LogP contribution is 2.24. The molecule has 0 aliphatic carbocycles. The normalized spacial score (nSPS) is 15.4. The molecular weight excluding hydrogens is 331 g/mol. The first-order valence-corrected chi connectivity index (χ1v) is 9.63. The fourth-order valence-electron chi connectivity index (χ4n) is 3.41. The molecule has 1 saturated heterocycles. The summed E-state index contributed by atoms with van der Waals surface area (Å²) in [5.74, 6) is -0.182. The van der Waals surface area contributed by atoms with E-state index < -0.39 is 0 Å². The average Bonchev–Trinajstić information content (AvgIpc) is 2.96. The number of thiazole rings is 1. The molecule has 0 bridgehead atoms. The molecule has 0 atom stereocenters. The van der Waals surface area contributed by atoms with Crippen LogP contribution in [0.25, 0.3) is 22.4 Å². The molecule has 0 unspecified atom stereocenters. The van der Waals surface area contributed by atoms with Gasteiger partial charge in [-0.25, -0.2) is 4.39 Å². The molecule has 0 amide bonds. The van der Waals surface area contributed by atoms with Crippen molar-refractivity contribution in [2.24, 2.45) is 7.05 Å². The molecule has 0 saturated carbocycles. The molecule has 4 heteroatoms. The van der Waals surface area contributed by atoms with Crippen LogP contribution in [0.15, 0.2) is 42.5 Å². The van der Waals surface area contributed by atoms with Gasteiger partial charge in [-0.15, -0.1) is 0 Å². The first-order chi connectivity index (χ1) is 12.2. The van der Waals surface area contributed by atoms with E-state index in [9.17, 15) is 4.39 Å². The predicted octanol–water partition coefficient (Wildman–Crippen LogP) is 5.03. The van der Waals surface area contributed by atoms with Crippen molar-refractivity contribution in [1.82, 2.24) is 0 Å². The maximum absolute atomic E-state index is 13.4. The molecule has 0 radical (unpaired) electrons. The number of piperidine rings is 1. The number of fused-ring (bicyclic) bond motifs is 1. The Bertz CT molecular complexity index is 906. The number of nitrogens with zero attached hydrogens (tertiary/aromatic N) is 2. The Hall–Kier alpha value is -2.20. The second kappa shape index (κ2) is 6.96. The highest BCUT2D eigenvalue weighted by atomic mass is 32.1. The van der Waals surface area contributed by atoms with Gasteiger partial charge in [0.25, 0.3) is 5.01 Å². The molecule has 2 nitrogen and oxygen atoms in total. The molecule has 2 aromatic carbocycles. The maximum atomic E-state index is 13.4. The van der Waals surface area contributed by atoms with Crippen LogP contribution < -0.4 is 9.47 Å². The summed E-state index contributed by atoms with van der Waals surface area (Å²) in [5, 5.41) is 1.11. The van der Waals surface area contributed by atoms with Gasteiger partial charge in [0, 0.05) is 30.9 Å². The minimum Gasteiger partial charge on any atom is -0.372 e. The van der Waals surface area contributed by atoms with E-state index in [-0.39, 0.29) is 5.82 Å². The van der Waals surface area contributed by atoms with E-state index in [0.717, 1.165) is 15.2 Å². The van der Waals surface area contributed by atoms with Gasteiger partial charge in [-0.1, -0.05) is 23.5 Å². The number of hydrogen-bond donors (Lipinski definition) is 0. The molecule has 2 heterocycles. The second-order valence-electron chi connectivity index (χ2n) is 6.58. The zero-order valence-corrected chi connectivity index (χ0v) is 15.2. The fraction of sp³-hybridized carbons (Fsp3) is 0.286. The van der Waals surface area contributed by atoms with E-state index in [1.54, 1.807) is 17.4 Å². The van der Waals surface area contributed by atoms with Crippen LogP contribution in [-0.4, -0.2) is 13.1 Å². The Morgan fingerprint density at radius 3 is 2.52 bits per heavy atom. The van der Waals surface area contributed by atoms with Gasteiger partial charge in [0.2, 0.25) is 5.52 Å². The van der Waals surface area contributed by atoms with Gasteiger partial charge in [0.1, 0.15) is 17.6 Å². The van der Waals surface area contributed by atoms with Crippen LogP contribution in [0.4, 0.5) is 10.1 Å². The van der Waals surface area contributed by atoms with Gasteiger partial charge >= 0.3 is 0 Å². The Kier molecular flexibility index (Phi) is 4.53. The highest BCUT2D eigenvalue weighted by Gasteiger charge is 2.15. The lowest BCUT2D eigenvalue weighted by atomic mass is 10.1. The lowest BCUT2D eigenvalue weighted by Gasteiger charge is -2.28. The molecule has 128 valence electrons. The van der Waals surface area contributed by atoms with Crippen molar-refractivity contribution in [2.75, 3.05) is 18.0 Å². The van der Waals surface area contributed by atoms with Crippen LogP contribution in [0.3, 0.4) is 0 Å². The van der Waals surface area contributed by atoms with E-state index in [0.29, 0.717) is 0 Å². The van der Waals surface area contributed by atoms with E-state index in [1.807, 2.05) is 13.1 Å². The summed E-state index contributed by atoms with van der Waals surface area (Å²) >= 11 is 1.61. The van der Waals surface area contributed by atoms with Gasteiger partial charge in [-0.2, -0.15) is 4.57 Å². The third-order valence-electron chi connectivity index (χ3n) is 4.86. The summed E-state index contributed by atoms with van der Waals surface area (Å²) in [6.07, 6.45) is 8.18. The average molecular weight is 353 g/mol. The Morgan fingerprint density at radius 2 is 1.76 bits per heavy atom. The Balaban J connectivity index is 1.54. The number of aromatic nitrogens is 1. The van der Waals surface area contributed by atoms with Crippen LogP contribution >= 0.6 is 11.3 Å².